The Hall–Kier alpha value is -1.04. The minimum atomic E-state index is -4.82. The highest BCUT2D eigenvalue weighted by atomic mass is 79.9. The van der Waals surface area contributed by atoms with Crippen LogP contribution in [0.3, 0.4) is 0 Å². The predicted molar refractivity (Wildman–Crippen MR) is 69.2 cm³/mol. The molecule has 0 aliphatic rings. The molecule has 0 aliphatic carbocycles. The van der Waals surface area contributed by atoms with Gasteiger partial charge in [0.25, 0.3) is 0 Å². The first-order valence-corrected chi connectivity index (χ1v) is 6.63. The summed E-state index contributed by atoms with van der Waals surface area (Å²) in [6.45, 7) is 3.61. The van der Waals surface area contributed by atoms with Crippen LogP contribution in [-0.4, -0.2) is 12.1 Å². The van der Waals surface area contributed by atoms with Crippen molar-refractivity contribution in [3.8, 4) is 5.75 Å². The van der Waals surface area contributed by atoms with Crippen molar-refractivity contribution in [2.45, 2.75) is 33.1 Å². The predicted octanol–water partition coefficient (Wildman–Crippen LogP) is 4.97. The number of hydrogen-bond acceptors (Lipinski definition) is 2. The monoisotopic (exact) mass is 338 g/mol. The van der Waals surface area contributed by atoms with Gasteiger partial charge >= 0.3 is 6.36 Å². The van der Waals surface area contributed by atoms with Gasteiger partial charge < -0.3 is 4.74 Å². The van der Waals surface area contributed by atoms with Gasteiger partial charge in [0.05, 0.1) is 5.56 Å². The molecule has 0 fully saturated rings. The van der Waals surface area contributed by atoms with Gasteiger partial charge in [0.2, 0.25) is 0 Å². The Morgan fingerprint density at radius 2 is 2.05 bits per heavy atom. The van der Waals surface area contributed by atoms with Gasteiger partial charge in [-0.2, -0.15) is 0 Å². The second kappa shape index (κ2) is 6.41. The number of Topliss-reactive ketones (excluding diaryl/α,β-unsaturated/α-hetero) is 1. The topological polar surface area (TPSA) is 26.3 Å². The molecule has 1 unspecified atom stereocenters. The first-order chi connectivity index (χ1) is 8.74. The highest BCUT2D eigenvalue weighted by Crippen LogP contribution is 2.31. The fourth-order valence-electron chi connectivity index (χ4n) is 1.74. The molecule has 0 amide bonds. The minimum absolute atomic E-state index is 0.0403. The Morgan fingerprint density at radius 1 is 1.42 bits per heavy atom. The summed E-state index contributed by atoms with van der Waals surface area (Å²) in [5, 5.41) is 0. The van der Waals surface area contributed by atoms with Crippen molar-refractivity contribution in [1.82, 2.24) is 0 Å². The lowest BCUT2D eigenvalue weighted by Gasteiger charge is -2.15. The van der Waals surface area contributed by atoms with Crippen LogP contribution in [0.25, 0.3) is 0 Å². The average molecular weight is 339 g/mol. The van der Waals surface area contributed by atoms with Crippen molar-refractivity contribution in [2.75, 3.05) is 0 Å². The van der Waals surface area contributed by atoms with Crippen LogP contribution in [-0.2, 0) is 0 Å². The number of alkyl halides is 3. The molecule has 0 radical (unpaired) electrons. The summed E-state index contributed by atoms with van der Waals surface area (Å²) < 4.78 is 41.3. The molecular formula is C13H14BrF3O2. The highest BCUT2D eigenvalue weighted by Gasteiger charge is 2.33. The maximum atomic E-state index is 12.3. The van der Waals surface area contributed by atoms with Gasteiger partial charge in [-0.3, -0.25) is 4.79 Å². The molecule has 0 aromatic heterocycles. The number of hydrogen-bond donors (Lipinski definition) is 0. The van der Waals surface area contributed by atoms with Crippen LogP contribution >= 0.6 is 15.9 Å². The zero-order chi connectivity index (χ0) is 14.6. The minimum Gasteiger partial charge on any atom is -0.405 e. The van der Waals surface area contributed by atoms with Crippen molar-refractivity contribution >= 4 is 21.7 Å². The largest absolute Gasteiger partial charge is 0.573 e. The van der Waals surface area contributed by atoms with Gasteiger partial charge in [-0.15, -0.1) is 13.2 Å². The van der Waals surface area contributed by atoms with E-state index in [0.717, 1.165) is 12.5 Å². The van der Waals surface area contributed by atoms with E-state index in [-0.39, 0.29) is 17.3 Å². The van der Waals surface area contributed by atoms with Crippen molar-refractivity contribution in [3.05, 3.63) is 28.2 Å². The standard InChI is InChI=1S/C13H14BrF3O2/c1-3-4-8(2)12(18)10-6-5-9(14)7-11(10)19-13(15,16)17/h5-8H,3-4H2,1-2H3. The lowest BCUT2D eigenvalue weighted by molar-refractivity contribution is -0.274. The number of halogens is 4. The number of rotatable bonds is 5. The molecule has 0 saturated heterocycles. The number of ketones is 1. The lowest BCUT2D eigenvalue weighted by atomic mass is 9.95. The van der Waals surface area contributed by atoms with Gasteiger partial charge in [-0.05, 0) is 24.6 Å². The second-order valence-electron chi connectivity index (χ2n) is 4.24. The highest BCUT2D eigenvalue weighted by molar-refractivity contribution is 9.10. The first kappa shape index (κ1) is 16.0. The summed E-state index contributed by atoms with van der Waals surface area (Å²) in [5.74, 6) is -1.13. The number of ether oxygens (including phenoxy) is 1. The van der Waals surface area contributed by atoms with Crippen LogP contribution < -0.4 is 4.74 Å². The molecule has 1 rings (SSSR count). The molecule has 1 aromatic carbocycles. The molecule has 0 spiro atoms. The van der Waals surface area contributed by atoms with Crippen molar-refractivity contribution in [3.63, 3.8) is 0 Å². The van der Waals surface area contributed by atoms with Crippen molar-refractivity contribution in [1.29, 1.82) is 0 Å². The molecule has 0 heterocycles. The molecule has 0 saturated carbocycles. The van der Waals surface area contributed by atoms with Gasteiger partial charge in [0.1, 0.15) is 5.75 Å². The normalized spacial score (nSPS) is 13.2. The van der Waals surface area contributed by atoms with E-state index in [2.05, 4.69) is 20.7 Å². The Kier molecular flexibility index (Phi) is 5.40. The molecule has 0 aliphatic heterocycles. The summed E-state index contributed by atoms with van der Waals surface area (Å²) in [6.07, 6.45) is -3.40. The summed E-state index contributed by atoms with van der Waals surface area (Å²) >= 11 is 3.06. The first-order valence-electron chi connectivity index (χ1n) is 5.84. The molecule has 0 bridgehead atoms. The third-order valence-electron chi connectivity index (χ3n) is 2.60. The Labute approximate surface area is 118 Å². The fourth-order valence-corrected chi connectivity index (χ4v) is 2.08. The maximum absolute atomic E-state index is 12.3. The van der Waals surface area contributed by atoms with Crippen LogP contribution in [0, 0.1) is 5.92 Å². The third-order valence-corrected chi connectivity index (χ3v) is 3.10. The van der Waals surface area contributed by atoms with E-state index in [4.69, 9.17) is 0 Å². The van der Waals surface area contributed by atoms with E-state index in [1.807, 2.05) is 6.92 Å². The Balaban J connectivity index is 3.09. The van der Waals surface area contributed by atoms with Crippen LogP contribution in [0.5, 0.6) is 5.75 Å². The Bertz CT molecular complexity index is 458. The van der Waals surface area contributed by atoms with Crippen LogP contribution in [0.2, 0.25) is 0 Å². The van der Waals surface area contributed by atoms with Crippen LogP contribution in [0.15, 0.2) is 22.7 Å². The van der Waals surface area contributed by atoms with E-state index in [9.17, 15) is 18.0 Å². The van der Waals surface area contributed by atoms with Gasteiger partial charge in [0, 0.05) is 10.4 Å². The zero-order valence-electron chi connectivity index (χ0n) is 10.6. The van der Waals surface area contributed by atoms with E-state index in [1.165, 1.54) is 12.1 Å². The van der Waals surface area contributed by atoms with Crippen LogP contribution in [0.4, 0.5) is 13.2 Å². The molecule has 106 valence electrons. The summed E-state index contributed by atoms with van der Waals surface area (Å²) in [5.41, 5.74) is -0.0403. The smallest absolute Gasteiger partial charge is 0.405 e. The summed E-state index contributed by atoms with van der Waals surface area (Å²) in [7, 11) is 0. The third kappa shape index (κ3) is 4.86. The SMILES string of the molecule is CCCC(C)C(=O)c1ccc(Br)cc1OC(F)(F)F. The Morgan fingerprint density at radius 3 is 2.58 bits per heavy atom. The second-order valence-corrected chi connectivity index (χ2v) is 5.16. The quantitative estimate of drug-likeness (QED) is 0.708. The molecular weight excluding hydrogens is 325 g/mol. The summed E-state index contributed by atoms with van der Waals surface area (Å²) in [4.78, 5) is 12.1. The van der Waals surface area contributed by atoms with Crippen LogP contribution in [0.1, 0.15) is 37.0 Å². The molecule has 0 N–H and O–H groups in total. The van der Waals surface area contributed by atoms with E-state index >= 15 is 0 Å². The molecule has 1 atom stereocenters. The van der Waals surface area contributed by atoms with Gasteiger partial charge in [-0.1, -0.05) is 36.2 Å². The van der Waals surface area contributed by atoms with Gasteiger partial charge in [0.15, 0.2) is 5.78 Å². The van der Waals surface area contributed by atoms with E-state index in [1.54, 1.807) is 6.92 Å². The average Bonchev–Trinajstić information content (AvgIpc) is 2.26. The molecule has 1 aromatic rings. The molecule has 2 nitrogen and oxygen atoms in total. The van der Waals surface area contributed by atoms with Crippen molar-refractivity contribution in [2.24, 2.45) is 5.92 Å². The lowest BCUT2D eigenvalue weighted by Crippen LogP contribution is -2.20. The van der Waals surface area contributed by atoms with Gasteiger partial charge in [-0.25, -0.2) is 0 Å². The number of carbonyl (C=O) groups excluding carboxylic acids is 1. The zero-order valence-corrected chi connectivity index (χ0v) is 12.1. The van der Waals surface area contributed by atoms with Crippen molar-refractivity contribution < 1.29 is 22.7 Å². The maximum Gasteiger partial charge on any atom is 0.573 e. The number of benzene rings is 1. The summed E-state index contributed by atoms with van der Waals surface area (Å²) in [6, 6.07) is 4.02. The number of carbonyl (C=O) groups is 1. The molecule has 6 heteroatoms. The van der Waals surface area contributed by atoms with E-state index < -0.39 is 12.1 Å². The molecule has 19 heavy (non-hydrogen) atoms. The van der Waals surface area contributed by atoms with E-state index in [0.29, 0.717) is 10.9 Å². The fraction of sp³-hybridized carbons (Fsp3) is 0.462.